The quantitative estimate of drug-likeness (QED) is 0.244. The monoisotopic (exact) mass is 130 g/mol. The molecule has 0 heterocycles. The smallest absolute Gasteiger partial charge is 0.237 e. The molecule has 0 aromatic rings. The SMILES string of the molecule is NNC(=O)[C@@H]1C[C@H]1CO. The van der Waals surface area contributed by atoms with Crippen molar-refractivity contribution in [3.8, 4) is 0 Å². The lowest BCUT2D eigenvalue weighted by molar-refractivity contribution is -0.122. The number of hydrogen-bond donors (Lipinski definition) is 3. The van der Waals surface area contributed by atoms with Crippen molar-refractivity contribution < 1.29 is 9.90 Å². The van der Waals surface area contributed by atoms with Crippen LogP contribution >= 0.6 is 0 Å². The van der Waals surface area contributed by atoms with Gasteiger partial charge in [0.2, 0.25) is 5.91 Å². The van der Waals surface area contributed by atoms with Crippen LogP contribution in [0.2, 0.25) is 0 Å². The van der Waals surface area contributed by atoms with Gasteiger partial charge in [-0.2, -0.15) is 0 Å². The van der Waals surface area contributed by atoms with Crippen LogP contribution in [0.15, 0.2) is 0 Å². The van der Waals surface area contributed by atoms with E-state index >= 15 is 0 Å². The van der Waals surface area contributed by atoms with Crippen LogP contribution in [0.3, 0.4) is 0 Å². The molecule has 0 spiro atoms. The molecule has 1 fully saturated rings. The van der Waals surface area contributed by atoms with Gasteiger partial charge >= 0.3 is 0 Å². The zero-order chi connectivity index (χ0) is 6.85. The Morgan fingerprint density at radius 3 is 2.89 bits per heavy atom. The Bertz CT molecular complexity index is 126. The van der Waals surface area contributed by atoms with Crippen molar-refractivity contribution >= 4 is 5.91 Å². The molecule has 4 nitrogen and oxygen atoms in total. The van der Waals surface area contributed by atoms with Crippen LogP contribution in [0.25, 0.3) is 0 Å². The van der Waals surface area contributed by atoms with Crippen molar-refractivity contribution in [2.45, 2.75) is 6.42 Å². The zero-order valence-corrected chi connectivity index (χ0v) is 5.00. The maximum absolute atomic E-state index is 10.6. The zero-order valence-electron chi connectivity index (χ0n) is 5.00. The average molecular weight is 130 g/mol. The molecule has 0 aliphatic heterocycles. The summed E-state index contributed by atoms with van der Waals surface area (Å²) in [7, 11) is 0. The van der Waals surface area contributed by atoms with Crippen molar-refractivity contribution in [1.82, 2.24) is 5.43 Å². The van der Waals surface area contributed by atoms with Crippen molar-refractivity contribution in [2.75, 3.05) is 6.61 Å². The van der Waals surface area contributed by atoms with E-state index in [9.17, 15) is 4.79 Å². The van der Waals surface area contributed by atoms with E-state index < -0.39 is 0 Å². The highest BCUT2D eigenvalue weighted by Crippen LogP contribution is 2.37. The first kappa shape index (κ1) is 6.51. The lowest BCUT2D eigenvalue weighted by Crippen LogP contribution is -2.32. The highest BCUT2D eigenvalue weighted by Gasteiger charge is 2.41. The Balaban J connectivity index is 2.25. The van der Waals surface area contributed by atoms with E-state index in [0.717, 1.165) is 6.42 Å². The van der Waals surface area contributed by atoms with Crippen LogP contribution in [-0.4, -0.2) is 17.6 Å². The molecule has 1 saturated carbocycles. The fraction of sp³-hybridized carbons (Fsp3) is 0.800. The van der Waals surface area contributed by atoms with Gasteiger partial charge in [0.15, 0.2) is 0 Å². The van der Waals surface area contributed by atoms with Gasteiger partial charge in [-0.15, -0.1) is 0 Å². The molecule has 4 heteroatoms. The van der Waals surface area contributed by atoms with Crippen molar-refractivity contribution in [3.63, 3.8) is 0 Å². The van der Waals surface area contributed by atoms with E-state index in [1.165, 1.54) is 0 Å². The van der Waals surface area contributed by atoms with Crippen LogP contribution in [0, 0.1) is 11.8 Å². The first-order chi connectivity index (χ1) is 4.29. The second kappa shape index (κ2) is 2.33. The largest absolute Gasteiger partial charge is 0.396 e. The van der Waals surface area contributed by atoms with Crippen LogP contribution in [0.5, 0.6) is 0 Å². The lowest BCUT2D eigenvalue weighted by atomic mass is 10.3. The Morgan fingerprint density at radius 1 is 1.89 bits per heavy atom. The Morgan fingerprint density at radius 2 is 2.56 bits per heavy atom. The second-order valence-corrected chi connectivity index (χ2v) is 2.29. The Kier molecular flexibility index (Phi) is 1.68. The van der Waals surface area contributed by atoms with Gasteiger partial charge in [-0.25, -0.2) is 5.84 Å². The molecular formula is C5H10N2O2. The standard InChI is InChI=1S/C5H10N2O2/c6-7-5(9)4-1-3(4)2-8/h3-4,8H,1-2,6H2,(H,7,9)/t3-,4+/m0/s1. The number of aliphatic hydroxyl groups is 1. The summed E-state index contributed by atoms with van der Waals surface area (Å²) in [6, 6.07) is 0. The fourth-order valence-corrected chi connectivity index (χ4v) is 0.878. The van der Waals surface area contributed by atoms with Crippen molar-refractivity contribution in [3.05, 3.63) is 0 Å². The number of nitrogens with one attached hydrogen (secondary N) is 1. The summed E-state index contributed by atoms with van der Waals surface area (Å²) in [4.78, 5) is 10.6. The molecule has 0 radical (unpaired) electrons. The molecule has 1 aliphatic carbocycles. The summed E-state index contributed by atoms with van der Waals surface area (Å²) in [5, 5.41) is 8.50. The summed E-state index contributed by atoms with van der Waals surface area (Å²) >= 11 is 0. The van der Waals surface area contributed by atoms with E-state index in [0.29, 0.717) is 0 Å². The molecule has 1 aliphatic rings. The highest BCUT2D eigenvalue weighted by molar-refractivity contribution is 5.80. The molecule has 9 heavy (non-hydrogen) atoms. The maximum atomic E-state index is 10.6. The third-order valence-corrected chi connectivity index (χ3v) is 1.64. The molecule has 2 atom stereocenters. The van der Waals surface area contributed by atoms with Crippen molar-refractivity contribution in [2.24, 2.45) is 17.7 Å². The van der Waals surface area contributed by atoms with Gasteiger partial charge in [0.1, 0.15) is 0 Å². The number of carbonyl (C=O) groups is 1. The molecule has 0 bridgehead atoms. The topological polar surface area (TPSA) is 75.3 Å². The number of rotatable bonds is 2. The third kappa shape index (κ3) is 1.20. The van der Waals surface area contributed by atoms with Gasteiger partial charge in [-0.05, 0) is 12.3 Å². The molecule has 0 aromatic carbocycles. The van der Waals surface area contributed by atoms with Crippen LogP contribution < -0.4 is 11.3 Å². The number of aliphatic hydroxyl groups excluding tert-OH is 1. The molecular weight excluding hydrogens is 120 g/mol. The average Bonchev–Trinajstić information content (AvgIpc) is 2.64. The van der Waals surface area contributed by atoms with E-state index in [-0.39, 0.29) is 24.3 Å². The molecule has 4 N–H and O–H groups in total. The minimum Gasteiger partial charge on any atom is -0.396 e. The van der Waals surface area contributed by atoms with Gasteiger partial charge in [0.05, 0.1) is 0 Å². The van der Waals surface area contributed by atoms with E-state index in [2.05, 4.69) is 0 Å². The number of nitrogens with two attached hydrogens (primary N) is 1. The van der Waals surface area contributed by atoms with Gasteiger partial charge < -0.3 is 5.11 Å². The Labute approximate surface area is 53.0 Å². The summed E-state index contributed by atoms with van der Waals surface area (Å²) < 4.78 is 0. The second-order valence-electron chi connectivity index (χ2n) is 2.29. The van der Waals surface area contributed by atoms with Crippen LogP contribution in [-0.2, 0) is 4.79 Å². The molecule has 1 rings (SSSR count). The van der Waals surface area contributed by atoms with E-state index in [4.69, 9.17) is 10.9 Å². The molecule has 1 amide bonds. The van der Waals surface area contributed by atoms with Gasteiger partial charge in [-0.1, -0.05) is 0 Å². The van der Waals surface area contributed by atoms with Crippen LogP contribution in [0.1, 0.15) is 6.42 Å². The maximum Gasteiger partial charge on any atom is 0.237 e. The predicted molar refractivity (Wildman–Crippen MR) is 31.0 cm³/mol. The normalized spacial score (nSPS) is 31.8. The summed E-state index contributed by atoms with van der Waals surface area (Å²) in [5.41, 5.74) is 2.04. The Hall–Kier alpha value is -0.610. The molecule has 0 aromatic heterocycles. The number of amides is 1. The van der Waals surface area contributed by atoms with Gasteiger partial charge in [0.25, 0.3) is 0 Å². The summed E-state index contributed by atoms with van der Waals surface area (Å²) in [6.07, 6.45) is 0.777. The van der Waals surface area contributed by atoms with E-state index in [1.54, 1.807) is 0 Å². The van der Waals surface area contributed by atoms with Crippen molar-refractivity contribution in [1.29, 1.82) is 0 Å². The first-order valence-electron chi connectivity index (χ1n) is 2.91. The van der Waals surface area contributed by atoms with Gasteiger partial charge in [0, 0.05) is 12.5 Å². The molecule has 52 valence electrons. The van der Waals surface area contributed by atoms with Crippen LogP contribution in [0.4, 0.5) is 0 Å². The third-order valence-electron chi connectivity index (χ3n) is 1.64. The predicted octanol–water partition coefficient (Wildman–Crippen LogP) is -1.40. The highest BCUT2D eigenvalue weighted by atomic mass is 16.3. The summed E-state index contributed by atoms with van der Waals surface area (Å²) in [6.45, 7) is 0.0953. The summed E-state index contributed by atoms with van der Waals surface area (Å²) in [5.74, 6) is 4.82. The molecule has 0 saturated heterocycles. The lowest BCUT2D eigenvalue weighted by Gasteiger charge is -1.93. The number of carbonyl (C=O) groups excluding carboxylic acids is 1. The van der Waals surface area contributed by atoms with E-state index in [1.807, 2.05) is 5.43 Å². The minimum atomic E-state index is -0.158. The number of hydrazine groups is 1. The number of hydrogen-bond acceptors (Lipinski definition) is 3. The van der Waals surface area contributed by atoms with Gasteiger partial charge in [-0.3, -0.25) is 10.2 Å². The molecule has 0 unspecified atom stereocenters. The first-order valence-corrected chi connectivity index (χ1v) is 2.91. The fourth-order valence-electron chi connectivity index (χ4n) is 0.878. The minimum absolute atomic E-state index is 0.0278.